The molecule has 0 saturated heterocycles. The summed E-state index contributed by atoms with van der Waals surface area (Å²) in [6, 6.07) is 13.7. The molecule has 0 aliphatic rings. The van der Waals surface area contributed by atoms with Crippen molar-refractivity contribution in [3.8, 4) is 11.4 Å². The number of hydrogen-bond acceptors (Lipinski definition) is 5. The van der Waals surface area contributed by atoms with E-state index in [1.54, 1.807) is 48.5 Å². The molecule has 2 aromatic carbocycles. The summed E-state index contributed by atoms with van der Waals surface area (Å²) in [6.07, 6.45) is 0. The molecule has 25 heavy (non-hydrogen) atoms. The Morgan fingerprint density at radius 3 is 2.64 bits per heavy atom. The minimum atomic E-state index is -3.58. The molecular weight excluding hydrogens is 385 g/mol. The van der Waals surface area contributed by atoms with E-state index in [0.29, 0.717) is 27.0 Å². The van der Waals surface area contributed by atoms with E-state index >= 15 is 0 Å². The number of rotatable bonds is 6. The van der Waals surface area contributed by atoms with Crippen molar-refractivity contribution in [2.45, 2.75) is 12.3 Å². The minimum absolute atomic E-state index is 0.111. The Bertz CT molecular complexity index is 990. The molecule has 6 nitrogen and oxygen atoms in total. The normalized spacial score (nSPS) is 11.6. The Labute approximate surface area is 154 Å². The average Bonchev–Trinajstić information content (AvgIpc) is 3.02. The maximum atomic E-state index is 12.2. The Hall–Kier alpha value is -1.93. The molecule has 0 spiro atoms. The summed E-state index contributed by atoms with van der Waals surface area (Å²) in [5.74, 6) is 0.248. The second-order valence-corrected chi connectivity index (χ2v) is 7.85. The van der Waals surface area contributed by atoms with E-state index in [1.165, 1.54) is 0 Å². The second kappa shape index (κ2) is 7.53. The van der Waals surface area contributed by atoms with Crippen LogP contribution in [0.15, 0.2) is 53.1 Å². The quantitative estimate of drug-likeness (QED) is 0.685. The van der Waals surface area contributed by atoms with Crippen molar-refractivity contribution < 1.29 is 12.9 Å². The number of benzene rings is 2. The molecule has 1 heterocycles. The number of aromatic nitrogens is 2. The van der Waals surface area contributed by atoms with Gasteiger partial charge in [-0.05, 0) is 29.8 Å². The standard InChI is InChI=1S/C16H13Cl2N3O3S/c17-12-5-3-4-11(8-12)10-25(22,23)19-9-15-20-16(21-24-15)13-6-1-2-7-14(13)18/h1-8,19H,9-10H2. The monoisotopic (exact) mass is 397 g/mol. The summed E-state index contributed by atoms with van der Waals surface area (Å²) in [5.41, 5.74) is 1.20. The molecule has 1 aromatic heterocycles. The van der Waals surface area contributed by atoms with E-state index in [2.05, 4.69) is 14.9 Å². The van der Waals surface area contributed by atoms with Crippen molar-refractivity contribution in [3.63, 3.8) is 0 Å². The summed E-state index contributed by atoms with van der Waals surface area (Å²) in [6.45, 7) is -0.111. The van der Waals surface area contributed by atoms with Crippen molar-refractivity contribution in [3.05, 3.63) is 70.0 Å². The zero-order valence-corrected chi connectivity index (χ0v) is 15.1. The second-order valence-electron chi connectivity index (χ2n) is 5.20. The van der Waals surface area contributed by atoms with Gasteiger partial charge in [0.1, 0.15) is 0 Å². The summed E-state index contributed by atoms with van der Waals surface area (Å²) in [5, 5.41) is 4.78. The zero-order chi connectivity index (χ0) is 17.9. The Morgan fingerprint density at radius 1 is 1.08 bits per heavy atom. The fourth-order valence-electron chi connectivity index (χ4n) is 2.15. The van der Waals surface area contributed by atoms with E-state index in [-0.39, 0.29) is 18.2 Å². The maximum absolute atomic E-state index is 12.2. The Kier molecular flexibility index (Phi) is 5.39. The van der Waals surface area contributed by atoms with E-state index < -0.39 is 10.0 Å². The number of sulfonamides is 1. The van der Waals surface area contributed by atoms with Crippen molar-refractivity contribution in [2.24, 2.45) is 0 Å². The van der Waals surface area contributed by atoms with Crippen LogP contribution in [0.4, 0.5) is 0 Å². The fraction of sp³-hybridized carbons (Fsp3) is 0.125. The third-order valence-corrected chi connectivity index (χ3v) is 5.13. The summed E-state index contributed by atoms with van der Waals surface area (Å²) in [7, 11) is -3.58. The molecular formula is C16H13Cl2N3O3S. The highest BCUT2D eigenvalue weighted by Gasteiger charge is 2.16. The first-order valence-electron chi connectivity index (χ1n) is 7.22. The highest BCUT2D eigenvalue weighted by atomic mass is 35.5. The van der Waals surface area contributed by atoms with Crippen LogP contribution in [0.5, 0.6) is 0 Å². The molecule has 9 heteroatoms. The topological polar surface area (TPSA) is 85.1 Å². The molecule has 0 aliphatic carbocycles. The van der Waals surface area contributed by atoms with E-state index in [9.17, 15) is 8.42 Å². The molecule has 3 aromatic rings. The molecule has 0 bridgehead atoms. The third-order valence-electron chi connectivity index (χ3n) is 3.27. The molecule has 0 fully saturated rings. The molecule has 0 amide bonds. The fourth-order valence-corrected chi connectivity index (χ4v) is 3.64. The highest BCUT2D eigenvalue weighted by molar-refractivity contribution is 7.88. The van der Waals surface area contributed by atoms with Crippen molar-refractivity contribution >= 4 is 33.2 Å². The van der Waals surface area contributed by atoms with Gasteiger partial charge in [0.15, 0.2) is 0 Å². The first-order valence-corrected chi connectivity index (χ1v) is 9.63. The molecule has 130 valence electrons. The molecule has 0 unspecified atom stereocenters. The summed E-state index contributed by atoms with van der Waals surface area (Å²) >= 11 is 11.9. The lowest BCUT2D eigenvalue weighted by Gasteiger charge is -2.05. The van der Waals surface area contributed by atoms with Gasteiger partial charge in [-0.15, -0.1) is 0 Å². The van der Waals surface area contributed by atoms with Crippen LogP contribution < -0.4 is 4.72 Å². The predicted molar refractivity (Wildman–Crippen MR) is 95.7 cm³/mol. The van der Waals surface area contributed by atoms with Crippen LogP contribution in [0.3, 0.4) is 0 Å². The van der Waals surface area contributed by atoms with Gasteiger partial charge in [-0.1, -0.05) is 52.6 Å². The first-order chi connectivity index (χ1) is 11.9. The lowest BCUT2D eigenvalue weighted by atomic mass is 10.2. The molecule has 0 saturated carbocycles. The van der Waals surface area contributed by atoms with Crippen molar-refractivity contribution in [1.29, 1.82) is 0 Å². The minimum Gasteiger partial charge on any atom is -0.338 e. The zero-order valence-electron chi connectivity index (χ0n) is 12.8. The number of nitrogens with zero attached hydrogens (tertiary/aromatic N) is 2. The van der Waals surface area contributed by atoms with Crippen LogP contribution in [-0.2, 0) is 22.3 Å². The van der Waals surface area contributed by atoms with Gasteiger partial charge in [-0.2, -0.15) is 4.98 Å². The number of hydrogen-bond donors (Lipinski definition) is 1. The largest absolute Gasteiger partial charge is 0.338 e. The smallest absolute Gasteiger partial charge is 0.242 e. The number of nitrogens with one attached hydrogen (secondary N) is 1. The van der Waals surface area contributed by atoms with Gasteiger partial charge in [0.2, 0.25) is 21.7 Å². The van der Waals surface area contributed by atoms with Gasteiger partial charge in [-0.25, -0.2) is 13.1 Å². The molecule has 3 rings (SSSR count). The predicted octanol–water partition coefficient (Wildman–Crippen LogP) is 3.66. The van der Waals surface area contributed by atoms with Crippen LogP contribution in [-0.4, -0.2) is 18.6 Å². The van der Waals surface area contributed by atoms with Crippen LogP contribution in [0.2, 0.25) is 10.0 Å². The SMILES string of the molecule is O=S(=O)(Cc1cccc(Cl)c1)NCc1nc(-c2ccccc2Cl)no1. The number of halogens is 2. The van der Waals surface area contributed by atoms with Gasteiger partial charge >= 0.3 is 0 Å². The van der Waals surface area contributed by atoms with Crippen molar-refractivity contribution in [2.75, 3.05) is 0 Å². The van der Waals surface area contributed by atoms with E-state index in [0.717, 1.165) is 0 Å². The van der Waals surface area contributed by atoms with Crippen LogP contribution in [0.1, 0.15) is 11.5 Å². The summed E-state index contributed by atoms with van der Waals surface area (Å²) in [4.78, 5) is 4.16. The first kappa shape index (κ1) is 17.9. The Balaban J connectivity index is 1.66. The lowest BCUT2D eigenvalue weighted by Crippen LogP contribution is -2.24. The Morgan fingerprint density at radius 2 is 1.88 bits per heavy atom. The molecule has 0 aliphatic heterocycles. The van der Waals surface area contributed by atoms with Crippen LogP contribution in [0, 0.1) is 0 Å². The van der Waals surface area contributed by atoms with Gasteiger partial charge in [-0.3, -0.25) is 0 Å². The average molecular weight is 398 g/mol. The summed E-state index contributed by atoms with van der Waals surface area (Å²) < 4.78 is 31.8. The van der Waals surface area contributed by atoms with Crippen molar-refractivity contribution in [1.82, 2.24) is 14.9 Å². The third kappa shape index (κ3) is 4.79. The van der Waals surface area contributed by atoms with Gasteiger partial charge in [0.05, 0.1) is 17.3 Å². The van der Waals surface area contributed by atoms with Crippen LogP contribution in [0.25, 0.3) is 11.4 Å². The van der Waals surface area contributed by atoms with E-state index in [4.69, 9.17) is 27.7 Å². The van der Waals surface area contributed by atoms with Gasteiger partial charge < -0.3 is 4.52 Å². The molecule has 0 atom stereocenters. The van der Waals surface area contributed by atoms with Crippen LogP contribution >= 0.6 is 23.2 Å². The maximum Gasteiger partial charge on any atom is 0.242 e. The lowest BCUT2D eigenvalue weighted by molar-refractivity contribution is 0.376. The molecule has 1 N–H and O–H groups in total. The van der Waals surface area contributed by atoms with E-state index in [1.807, 2.05) is 0 Å². The van der Waals surface area contributed by atoms with Gasteiger partial charge in [0, 0.05) is 10.6 Å². The molecule has 0 radical (unpaired) electrons. The van der Waals surface area contributed by atoms with Gasteiger partial charge in [0.25, 0.3) is 0 Å². The highest BCUT2D eigenvalue weighted by Crippen LogP contribution is 2.24.